The van der Waals surface area contributed by atoms with Gasteiger partial charge in [0, 0.05) is 25.4 Å². The summed E-state index contributed by atoms with van der Waals surface area (Å²) in [6.45, 7) is 1.86. The highest BCUT2D eigenvalue weighted by molar-refractivity contribution is 5.94. The third kappa shape index (κ3) is 4.42. The zero-order chi connectivity index (χ0) is 17.6. The number of benzene rings is 1. The largest absolute Gasteiger partial charge is 0.497 e. The molecular formula is C18H25N3O4. The van der Waals surface area contributed by atoms with Crippen molar-refractivity contribution in [3.63, 3.8) is 0 Å². The quantitative estimate of drug-likeness (QED) is 0.854. The molecule has 0 unspecified atom stereocenters. The van der Waals surface area contributed by atoms with Crippen molar-refractivity contribution in [3.8, 4) is 5.75 Å². The van der Waals surface area contributed by atoms with E-state index in [-0.39, 0.29) is 18.0 Å². The van der Waals surface area contributed by atoms with Crippen LogP contribution in [0.1, 0.15) is 25.7 Å². The van der Waals surface area contributed by atoms with Gasteiger partial charge in [-0.05, 0) is 49.9 Å². The minimum absolute atomic E-state index is 0.0992. The van der Waals surface area contributed by atoms with Gasteiger partial charge in [-0.3, -0.25) is 4.79 Å². The minimum atomic E-state index is -0.417. The molecule has 2 N–H and O–H groups in total. The number of carbonyl (C=O) groups is 2. The van der Waals surface area contributed by atoms with Crippen LogP contribution < -0.4 is 15.4 Å². The van der Waals surface area contributed by atoms with Gasteiger partial charge >= 0.3 is 6.03 Å². The van der Waals surface area contributed by atoms with Crippen LogP contribution in [0.5, 0.6) is 5.75 Å². The second kappa shape index (κ2) is 8.20. The van der Waals surface area contributed by atoms with Gasteiger partial charge in [-0.25, -0.2) is 4.79 Å². The van der Waals surface area contributed by atoms with Crippen LogP contribution in [0.25, 0.3) is 0 Å². The molecule has 2 aliphatic rings. The maximum atomic E-state index is 12.5. The maximum absolute atomic E-state index is 12.5. The van der Waals surface area contributed by atoms with Crippen molar-refractivity contribution in [2.45, 2.75) is 37.8 Å². The Balaban J connectivity index is 1.53. The maximum Gasteiger partial charge on any atom is 0.322 e. The Bertz CT molecular complexity index is 599. The van der Waals surface area contributed by atoms with Crippen LogP contribution in [-0.4, -0.2) is 55.8 Å². The Kier molecular flexibility index (Phi) is 5.75. The average Bonchev–Trinajstić information content (AvgIpc) is 3.32. The van der Waals surface area contributed by atoms with E-state index in [1.807, 2.05) is 0 Å². The predicted octanol–water partition coefficient (Wildman–Crippen LogP) is 1.99. The Morgan fingerprint density at radius 3 is 2.72 bits per heavy atom. The van der Waals surface area contributed by atoms with Gasteiger partial charge in [-0.1, -0.05) is 0 Å². The number of hydrogen-bond donors (Lipinski definition) is 2. The number of amides is 3. The van der Waals surface area contributed by atoms with E-state index >= 15 is 0 Å². The van der Waals surface area contributed by atoms with Gasteiger partial charge in [-0.2, -0.15) is 0 Å². The lowest BCUT2D eigenvalue weighted by molar-refractivity contribution is -0.125. The summed E-state index contributed by atoms with van der Waals surface area (Å²) in [5, 5.41) is 5.77. The van der Waals surface area contributed by atoms with E-state index in [1.165, 1.54) is 0 Å². The highest BCUT2D eigenvalue weighted by atomic mass is 16.5. The number of methoxy groups -OCH3 is 1. The SMILES string of the molecule is COc1ccc(NC(=O)N2CCC[C@H]2C(=O)NC[C@@H]2CCCO2)cc1. The molecule has 0 aromatic heterocycles. The lowest BCUT2D eigenvalue weighted by Crippen LogP contribution is -2.48. The molecule has 1 aromatic carbocycles. The van der Waals surface area contributed by atoms with E-state index in [9.17, 15) is 9.59 Å². The molecule has 3 rings (SSSR count). The topological polar surface area (TPSA) is 79.9 Å². The van der Waals surface area contributed by atoms with Gasteiger partial charge in [0.15, 0.2) is 0 Å². The summed E-state index contributed by atoms with van der Waals surface area (Å²) in [4.78, 5) is 26.6. The summed E-state index contributed by atoms with van der Waals surface area (Å²) >= 11 is 0. The number of nitrogens with zero attached hydrogens (tertiary/aromatic N) is 1. The summed E-state index contributed by atoms with van der Waals surface area (Å²) < 4.78 is 10.6. The van der Waals surface area contributed by atoms with Crippen molar-refractivity contribution in [1.82, 2.24) is 10.2 Å². The van der Waals surface area contributed by atoms with Gasteiger partial charge in [0.05, 0.1) is 13.2 Å². The number of ether oxygens (including phenoxy) is 2. The zero-order valence-electron chi connectivity index (χ0n) is 14.5. The molecule has 1 aromatic rings. The fraction of sp³-hybridized carbons (Fsp3) is 0.556. The first-order valence-electron chi connectivity index (χ1n) is 8.78. The fourth-order valence-corrected chi connectivity index (χ4v) is 3.29. The number of urea groups is 1. The molecule has 0 radical (unpaired) electrons. The Morgan fingerprint density at radius 2 is 2.04 bits per heavy atom. The second-order valence-electron chi connectivity index (χ2n) is 6.39. The predicted molar refractivity (Wildman–Crippen MR) is 93.7 cm³/mol. The van der Waals surface area contributed by atoms with Crippen molar-refractivity contribution >= 4 is 17.6 Å². The van der Waals surface area contributed by atoms with Crippen LogP contribution in [0.15, 0.2) is 24.3 Å². The average molecular weight is 347 g/mol. The van der Waals surface area contributed by atoms with E-state index in [2.05, 4.69) is 10.6 Å². The molecule has 0 aliphatic carbocycles. The molecule has 2 fully saturated rings. The number of hydrogen-bond acceptors (Lipinski definition) is 4. The molecule has 0 spiro atoms. The highest BCUT2D eigenvalue weighted by Gasteiger charge is 2.34. The monoisotopic (exact) mass is 347 g/mol. The van der Waals surface area contributed by atoms with Crippen LogP contribution in [0.3, 0.4) is 0 Å². The number of likely N-dealkylation sites (tertiary alicyclic amines) is 1. The van der Waals surface area contributed by atoms with E-state index < -0.39 is 6.04 Å². The second-order valence-corrected chi connectivity index (χ2v) is 6.39. The van der Waals surface area contributed by atoms with Crippen molar-refractivity contribution < 1.29 is 19.1 Å². The number of carbonyl (C=O) groups excluding carboxylic acids is 2. The molecule has 2 atom stereocenters. The molecule has 0 saturated carbocycles. The number of rotatable bonds is 5. The van der Waals surface area contributed by atoms with E-state index in [1.54, 1.807) is 36.3 Å². The van der Waals surface area contributed by atoms with Crippen LogP contribution in [-0.2, 0) is 9.53 Å². The molecule has 25 heavy (non-hydrogen) atoms. The molecule has 2 saturated heterocycles. The molecule has 3 amide bonds. The first-order valence-corrected chi connectivity index (χ1v) is 8.78. The van der Waals surface area contributed by atoms with E-state index in [0.717, 1.165) is 31.6 Å². The van der Waals surface area contributed by atoms with Crippen LogP contribution in [0.4, 0.5) is 10.5 Å². The Labute approximate surface area is 147 Å². The molecule has 2 heterocycles. The van der Waals surface area contributed by atoms with Crippen LogP contribution in [0, 0.1) is 0 Å². The molecule has 7 heteroatoms. The molecule has 2 aliphatic heterocycles. The molecule has 7 nitrogen and oxygen atoms in total. The van der Waals surface area contributed by atoms with Crippen molar-refractivity contribution in [1.29, 1.82) is 0 Å². The Morgan fingerprint density at radius 1 is 1.24 bits per heavy atom. The summed E-state index contributed by atoms with van der Waals surface area (Å²) in [6.07, 6.45) is 3.64. The third-order valence-corrected chi connectivity index (χ3v) is 4.69. The molecule has 136 valence electrons. The molecule has 0 bridgehead atoms. The summed E-state index contributed by atoms with van der Waals surface area (Å²) in [6, 6.07) is 6.45. The van der Waals surface area contributed by atoms with Gasteiger partial charge in [0.2, 0.25) is 5.91 Å². The van der Waals surface area contributed by atoms with E-state index in [4.69, 9.17) is 9.47 Å². The van der Waals surface area contributed by atoms with Gasteiger partial charge < -0.3 is 25.0 Å². The highest BCUT2D eigenvalue weighted by Crippen LogP contribution is 2.21. The normalized spacial score (nSPS) is 22.7. The molecular weight excluding hydrogens is 322 g/mol. The van der Waals surface area contributed by atoms with Gasteiger partial charge in [-0.15, -0.1) is 0 Å². The minimum Gasteiger partial charge on any atom is -0.497 e. The van der Waals surface area contributed by atoms with Crippen molar-refractivity contribution in [2.75, 3.05) is 32.1 Å². The summed E-state index contributed by atoms with van der Waals surface area (Å²) in [7, 11) is 1.59. The first kappa shape index (κ1) is 17.5. The standard InChI is InChI=1S/C18H25N3O4/c1-24-14-8-6-13(7-9-14)20-18(23)21-10-2-5-16(21)17(22)19-12-15-4-3-11-25-15/h6-9,15-16H,2-5,10-12H2,1H3,(H,19,22)(H,20,23)/t15-,16-/m0/s1. The number of anilines is 1. The van der Waals surface area contributed by atoms with Crippen LogP contribution in [0.2, 0.25) is 0 Å². The van der Waals surface area contributed by atoms with Gasteiger partial charge in [0.25, 0.3) is 0 Å². The van der Waals surface area contributed by atoms with Gasteiger partial charge in [0.1, 0.15) is 11.8 Å². The summed E-state index contributed by atoms with van der Waals surface area (Å²) in [5.74, 6) is 0.628. The van der Waals surface area contributed by atoms with Crippen LogP contribution >= 0.6 is 0 Å². The van der Waals surface area contributed by atoms with Crippen molar-refractivity contribution in [3.05, 3.63) is 24.3 Å². The van der Waals surface area contributed by atoms with Crippen molar-refractivity contribution in [2.24, 2.45) is 0 Å². The smallest absolute Gasteiger partial charge is 0.322 e. The lowest BCUT2D eigenvalue weighted by Gasteiger charge is -2.24. The number of nitrogens with one attached hydrogen (secondary N) is 2. The Hall–Kier alpha value is -2.28. The zero-order valence-corrected chi connectivity index (χ0v) is 14.5. The third-order valence-electron chi connectivity index (χ3n) is 4.69. The first-order chi connectivity index (χ1) is 12.2. The van der Waals surface area contributed by atoms with E-state index in [0.29, 0.717) is 25.2 Å². The lowest BCUT2D eigenvalue weighted by atomic mass is 10.2. The summed E-state index contributed by atoms with van der Waals surface area (Å²) in [5.41, 5.74) is 0.677. The fourth-order valence-electron chi connectivity index (χ4n) is 3.29.